The molecule has 0 aromatic heterocycles. The summed E-state index contributed by atoms with van der Waals surface area (Å²) in [5.41, 5.74) is -0.121. The number of hydrogen-bond donors (Lipinski definition) is 2. The summed E-state index contributed by atoms with van der Waals surface area (Å²) in [5, 5.41) is 18.7. The van der Waals surface area contributed by atoms with E-state index in [0.717, 1.165) is 32.1 Å². The number of carboxylic acids is 2. The first-order chi connectivity index (χ1) is 14.3. The highest BCUT2D eigenvalue weighted by Gasteiger charge is 2.59. The number of rotatable bonds is 6. The van der Waals surface area contributed by atoms with Crippen molar-refractivity contribution in [3.63, 3.8) is 0 Å². The Hall–Kier alpha value is -2.11. The molecule has 172 valence electrons. The largest absolute Gasteiger partial charge is 0.481 e. The molecule has 0 radical (unpaired) electrons. The molecule has 6 nitrogen and oxygen atoms in total. The predicted octanol–water partition coefficient (Wildman–Crippen LogP) is 4.98. The summed E-state index contributed by atoms with van der Waals surface area (Å²) in [5.74, 6) is -2.38. The van der Waals surface area contributed by atoms with Gasteiger partial charge in [-0.25, -0.2) is 4.79 Å². The van der Waals surface area contributed by atoms with E-state index in [9.17, 15) is 19.5 Å². The zero-order chi connectivity index (χ0) is 23.2. The van der Waals surface area contributed by atoms with Gasteiger partial charge in [-0.1, -0.05) is 44.9 Å². The zero-order valence-electron chi connectivity index (χ0n) is 19.4. The minimum atomic E-state index is -2.07. The van der Waals surface area contributed by atoms with Crippen LogP contribution in [0.25, 0.3) is 0 Å². The topological polar surface area (TPSA) is 101 Å². The standard InChI is InChI=1S/C25H36O6/c1-15(2)16-7-9-18-17(13-16)8-10-19-23(18,3)11-6-12-24(19,4)22(30)31-25(5,21(28)29)14-20(26)27/h8,13,15,18-19H,6-7,9-12,14H2,1-5H3,(H,26,27)(H,28,29). The van der Waals surface area contributed by atoms with Crippen molar-refractivity contribution < 1.29 is 29.3 Å². The zero-order valence-corrected chi connectivity index (χ0v) is 19.4. The van der Waals surface area contributed by atoms with E-state index in [1.165, 1.54) is 18.1 Å². The Morgan fingerprint density at radius 2 is 1.90 bits per heavy atom. The average molecular weight is 433 g/mol. The van der Waals surface area contributed by atoms with Crippen molar-refractivity contribution in [1.82, 2.24) is 0 Å². The van der Waals surface area contributed by atoms with Gasteiger partial charge in [0.25, 0.3) is 0 Å². The lowest BCUT2D eigenvalue weighted by Crippen LogP contribution is -2.55. The van der Waals surface area contributed by atoms with E-state index in [4.69, 9.17) is 9.84 Å². The molecule has 0 heterocycles. The van der Waals surface area contributed by atoms with Crippen molar-refractivity contribution in [1.29, 1.82) is 0 Å². The van der Waals surface area contributed by atoms with Gasteiger partial charge in [0.1, 0.15) is 0 Å². The summed E-state index contributed by atoms with van der Waals surface area (Å²) in [6, 6.07) is 0. The molecule has 3 rings (SSSR count). The minimum absolute atomic E-state index is 0.0341. The third kappa shape index (κ3) is 4.06. The lowest BCUT2D eigenvalue weighted by Gasteiger charge is -2.57. The summed E-state index contributed by atoms with van der Waals surface area (Å²) >= 11 is 0. The maximum absolute atomic E-state index is 13.4. The van der Waals surface area contributed by atoms with Gasteiger partial charge in [0.2, 0.25) is 5.60 Å². The number of carbonyl (C=O) groups excluding carboxylic acids is 1. The highest BCUT2D eigenvalue weighted by atomic mass is 16.6. The van der Waals surface area contributed by atoms with E-state index in [1.54, 1.807) is 0 Å². The molecular weight excluding hydrogens is 396 g/mol. The number of fused-ring (bicyclic) bond motifs is 3. The number of hydrogen-bond acceptors (Lipinski definition) is 4. The van der Waals surface area contributed by atoms with Crippen molar-refractivity contribution >= 4 is 17.9 Å². The van der Waals surface area contributed by atoms with E-state index in [2.05, 4.69) is 32.9 Å². The minimum Gasteiger partial charge on any atom is -0.481 e. The molecule has 0 bridgehead atoms. The summed E-state index contributed by atoms with van der Waals surface area (Å²) in [7, 11) is 0. The maximum atomic E-state index is 13.4. The second-order valence-electron chi connectivity index (χ2n) is 10.7. The van der Waals surface area contributed by atoms with Crippen LogP contribution in [0, 0.1) is 28.6 Å². The smallest absolute Gasteiger partial charge is 0.348 e. The molecule has 3 aliphatic rings. The molecule has 6 heteroatoms. The molecule has 2 N–H and O–H groups in total. The quantitative estimate of drug-likeness (QED) is 0.574. The van der Waals surface area contributed by atoms with Crippen LogP contribution in [-0.4, -0.2) is 33.7 Å². The van der Waals surface area contributed by atoms with Crippen LogP contribution in [0.15, 0.2) is 23.3 Å². The van der Waals surface area contributed by atoms with E-state index >= 15 is 0 Å². The van der Waals surface area contributed by atoms with Gasteiger partial charge < -0.3 is 14.9 Å². The van der Waals surface area contributed by atoms with Gasteiger partial charge in [0, 0.05) is 0 Å². The number of carboxylic acid groups (broad SMARTS) is 2. The van der Waals surface area contributed by atoms with Gasteiger partial charge in [-0.3, -0.25) is 9.59 Å². The number of esters is 1. The average Bonchev–Trinajstić information content (AvgIpc) is 2.66. The molecule has 5 unspecified atom stereocenters. The number of allylic oxidation sites excluding steroid dienone is 4. The molecule has 5 atom stereocenters. The van der Waals surface area contributed by atoms with Crippen LogP contribution >= 0.6 is 0 Å². The van der Waals surface area contributed by atoms with Crippen LogP contribution in [0.1, 0.15) is 79.6 Å². The van der Waals surface area contributed by atoms with Crippen LogP contribution in [-0.2, 0) is 19.1 Å². The third-order valence-corrected chi connectivity index (χ3v) is 8.30. The lowest BCUT2D eigenvalue weighted by molar-refractivity contribution is -0.195. The molecule has 0 amide bonds. The second kappa shape index (κ2) is 8.10. The molecule has 0 aromatic rings. The molecule has 1 saturated carbocycles. The van der Waals surface area contributed by atoms with Crippen LogP contribution in [0.2, 0.25) is 0 Å². The molecule has 1 fully saturated rings. The van der Waals surface area contributed by atoms with E-state index in [0.29, 0.717) is 18.3 Å². The van der Waals surface area contributed by atoms with E-state index < -0.39 is 35.3 Å². The second-order valence-corrected chi connectivity index (χ2v) is 10.7. The van der Waals surface area contributed by atoms with Crippen molar-refractivity contribution in [3.8, 4) is 0 Å². The van der Waals surface area contributed by atoms with Crippen molar-refractivity contribution in [2.24, 2.45) is 28.6 Å². The SMILES string of the molecule is CC(C)C1=CC2=CCC3C(C)(C(=O)OC(C)(CC(=O)O)C(=O)O)CCCC3(C)C2CC1. The van der Waals surface area contributed by atoms with Gasteiger partial charge in [-0.15, -0.1) is 0 Å². The molecule has 0 saturated heterocycles. The van der Waals surface area contributed by atoms with Crippen molar-refractivity contribution in [2.45, 2.75) is 85.2 Å². The van der Waals surface area contributed by atoms with Crippen molar-refractivity contribution in [3.05, 3.63) is 23.3 Å². The highest BCUT2D eigenvalue weighted by Crippen LogP contribution is 2.62. The Balaban J connectivity index is 1.92. The van der Waals surface area contributed by atoms with Gasteiger partial charge >= 0.3 is 17.9 Å². The molecule has 0 aromatic carbocycles. The fourth-order valence-corrected chi connectivity index (χ4v) is 6.35. The molecular formula is C25H36O6. The molecule has 31 heavy (non-hydrogen) atoms. The Bertz CT molecular complexity index is 839. The lowest BCUT2D eigenvalue weighted by atomic mass is 9.47. The Kier molecular flexibility index (Phi) is 6.16. The van der Waals surface area contributed by atoms with E-state index in [-0.39, 0.29) is 11.3 Å². The van der Waals surface area contributed by atoms with E-state index in [1.807, 2.05) is 6.92 Å². The maximum Gasteiger partial charge on any atom is 0.348 e. The highest BCUT2D eigenvalue weighted by molar-refractivity contribution is 5.88. The Morgan fingerprint density at radius 3 is 2.48 bits per heavy atom. The van der Waals surface area contributed by atoms with Crippen LogP contribution in [0.3, 0.4) is 0 Å². The third-order valence-electron chi connectivity index (χ3n) is 8.30. The van der Waals surface area contributed by atoms with Crippen molar-refractivity contribution in [2.75, 3.05) is 0 Å². The summed E-state index contributed by atoms with van der Waals surface area (Å²) in [6.07, 6.45) is 9.27. The Morgan fingerprint density at radius 1 is 1.23 bits per heavy atom. The normalized spacial score (nSPS) is 34.5. The summed E-state index contributed by atoms with van der Waals surface area (Å²) in [4.78, 5) is 36.4. The monoisotopic (exact) mass is 432 g/mol. The number of carbonyl (C=O) groups is 3. The Labute approximate surface area is 184 Å². The van der Waals surface area contributed by atoms with Crippen LogP contribution in [0.4, 0.5) is 0 Å². The van der Waals surface area contributed by atoms with Gasteiger partial charge in [-0.2, -0.15) is 0 Å². The molecule has 0 spiro atoms. The first kappa shape index (κ1) is 23.6. The molecule has 0 aliphatic heterocycles. The fraction of sp³-hybridized carbons (Fsp3) is 0.720. The number of ether oxygens (including phenoxy) is 1. The summed E-state index contributed by atoms with van der Waals surface area (Å²) in [6.45, 7) is 9.79. The predicted molar refractivity (Wildman–Crippen MR) is 116 cm³/mol. The van der Waals surface area contributed by atoms with Gasteiger partial charge in [-0.05, 0) is 74.7 Å². The van der Waals surface area contributed by atoms with Gasteiger partial charge in [0.15, 0.2) is 0 Å². The van der Waals surface area contributed by atoms with Crippen LogP contribution in [0.5, 0.6) is 0 Å². The first-order valence-electron chi connectivity index (χ1n) is 11.4. The first-order valence-corrected chi connectivity index (χ1v) is 11.4. The fourth-order valence-electron chi connectivity index (χ4n) is 6.35. The summed E-state index contributed by atoms with van der Waals surface area (Å²) < 4.78 is 5.48. The molecule has 3 aliphatic carbocycles. The van der Waals surface area contributed by atoms with Crippen LogP contribution < -0.4 is 0 Å². The van der Waals surface area contributed by atoms with Gasteiger partial charge in [0.05, 0.1) is 11.8 Å². The number of aliphatic carboxylic acids is 2.